The van der Waals surface area contributed by atoms with Gasteiger partial charge in [-0.25, -0.2) is 0 Å². The monoisotopic (exact) mass is 147 g/mol. The van der Waals surface area contributed by atoms with Crippen LogP contribution in [0, 0.1) is 11.8 Å². The lowest BCUT2D eigenvalue weighted by molar-refractivity contribution is 0.253. The smallest absolute Gasteiger partial charge is 0.112 e. The lowest BCUT2D eigenvalue weighted by Crippen LogP contribution is -1.92. The lowest BCUT2D eigenvalue weighted by atomic mass is 10.3. The van der Waals surface area contributed by atoms with E-state index >= 15 is 0 Å². The van der Waals surface area contributed by atoms with Crippen molar-refractivity contribution in [3.8, 4) is 11.8 Å². The molecule has 0 aliphatic heterocycles. The molecule has 0 radical (unpaired) electrons. The third-order valence-electron chi connectivity index (χ3n) is 1.09. The van der Waals surface area contributed by atoms with Crippen LogP contribution >= 0.6 is 0 Å². The minimum Gasteiger partial charge on any atom is -0.381 e. The van der Waals surface area contributed by atoms with Gasteiger partial charge in [-0.1, -0.05) is 11.8 Å². The van der Waals surface area contributed by atoms with Gasteiger partial charge in [0.1, 0.15) is 6.10 Å². The number of nitrogens with zero attached hydrogens (tertiary/aromatic N) is 1. The summed E-state index contributed by atoms with van der Waals surface area (Å²) in [6, 6.07) is 3.66. The van der Waals surface area contributed by atoms with Crippen molar-refractivity contribution < 1.29 is 5.11 Å². The molecule has 2 heteroatoms. The maximum Gasteiger partial charge on any atom is 0.112 e. The molecule has 11 heavy (non-hydrogen) atoms. The summed E-state index contributed by atoms with van der Waals surface area (Å²) in [6.45, 7) is 1.63. The summed E-state index contributed by atoms with van der Waals surface area (Å²) in [5.41, 5.74) is 0.827. The Labute approximate surface area is 65.9 Å². The van der Waals surface area contributed by atoms with E-state index in [9.17, 15) is 0 Å². The normalized spacial score (nSPS) is 11.5. The minimum atomic E-state index is -0.574. The van der Waals surface area contributed by atoms with Crippen molar-refractivity contribution in [1.29, 1.82) is 0 Å². The van der Waals surface area contributed by atoms with Crippen molar-refractivity contribution in [2.24, 2.45) is 0 Å². The Bertz CT molecular complexity index is 269. The summed E-state index contributed by atoms with van der Waals surface area (Å²) in [4.78, 5) is 3.88. The summed E-state index contributed by atoms with van der Waals surface area (Å²) in [7, 11) is 0. The van der Waals surface area contributed by atoms with Crippen LogP contribution in [0.25, 0.3) is 0 Å². The van der Waals surface area contributed by atoms with Crippen molar-refractivity contribution in [2.75, 3.05) is 0 Å². The second-order valence-corrected chi connectivity index (χ2v) is 2.19. The quantitative estimate of drug-likeness (QED) is 0.551. The van der Waals surface area contributed by atoms with Gasteiger partial charge in [-0.3, -0.25) is 4.98 Å². The molecule has 0 aliphatic carbocycles. The van der Waals surface area contributed by atoms with Crippen molar-refractivity contribution in [2.45, 2.75) is 13.0 Å². The molecule has 56 valence electrons. The highest BCUT2D eigenvalue weighted by Gasteiger charge is 1.84. The number of aromatic nitrogens is 1. The molecule has 0 aromatic carbocycles. The first-order valence-corrected chi connectivity index (χ1v) is 3.38. The molecular formula is C9H9NO. The molecule has 0 saturated heterocycles. The molecule has 1 aromatic rings. The number of pyridine rings is 1. The Kier molecular flexibility index (Phi) is 2.65. The average Bonchev–Trinajstić information content (AvgIpc) is 2.03. The minimum absolute atomic E-state index is 0.574. The Morgan fingerprint density at radius 3 is 3.00 bits per heavy atom. The standard InChI is InChI=1S/C9H9NO/c1-8(11)4-5-9-3-2-6-10-7-9/h2-3,6-8,11H,1H3/t8-/m1/s1. The van der Waals surface area contributed by atoms with Gasteiger partial charge in [-0.2, -0.15) is 0 Å². The highest BCUT2D eigenvalue weighted by Crippen LogP contribution is 1.91. The van der Waals surface area contributed by atoms with E-state index < -0.39 is 6.10 Å². The molecule has 1 heterocycles. The molecule has 0 fully saturated rings. The third-order valence-corrected chi connectivity index (χ3v) is 1.09. The van der Waals surface area contributed by atoms with Gasteiger partial charge in [0.2, 0.25) is 0 Å². The van der Waals surface area contributed by atoms with Crippen LogP contribution in [-0.4, -0.2) is 16.2 Å². The fourth-order valence-electron chi connectivity index (χ4n) is 0.624. The highest BCUT2D eigenvalue weighted by atomic mass is 16.3. The first kappa shape index (κ1) is 7.77. The number of aliphatic hydroxyl groups excluding tert-OH is 1. The van der Waals surface area contributed by atoms with Crippen LogP contribution in [0.4, 0.5) is 0 Å². The zero-order valence-electron chi connectivity index (χ0n) is 6.28. The van der Waals surface area contributed by atoms with Crippen LogP contribution in [0.3, 0.4) is 0 Å². The van der Waals surface area contributed by atoms with Crippen LogP contribution in [0.15, 0.2) is 24.5 Å². The SMILES string of the molecule is C[C@@H](O)C#Cc1cccnc1. The maximum atomic E-state index is 8.82. The van der Waals surface area contributed by atoms with Gasteiger partial charge in [-0.05, 0) is 19.1 Å². The van der Waals surface area contributed by atoms with Gasteiger partial charge in [0, 0.05) is 18.0 Å². The molecule has 0 amide bonds. The molecule has 0 aliphatic rings. The fraction of sp³-hybridized carbons (Fsp3) is 0.222. The van der Waals surface area contributed by atoms with E-state index in [0.29, 0.717) is 0 Å². The van der Waals surface area contributed by atoms with Gasteiger partial charge in [-0.15, -0.1) is 0 Å². The van der Waals surface area contributed by atoms with Crippen molar-refractivity contribution >= 4 is 0 Å². The molecule has 0 saturated carbocycles. The van der Waals surface area contributed by atoms with E-state index in [1.165, 1.54) is 0 Å². The summed E-state index contributed by atoms with van der Waals surface area (Å²) in [5.74, 6) is 5.41. The van der Waals surface area contributed by atoms with Gasteiger partial charge < -0.3 is 5.11 Å². The fourth-order valence-corrected chi connectivity index (χ4v) is 0.624. The van der Waals surface area contributed by atoms with Gasteiger partial charge >= 0.3 is 0 Å². The maximum absolute atomic E-state index is 8.82. The molecule has 1 N–H and O–H groups in total. The second kappa shape index (κ2) is 3.75. The van der Waals surface area contributed by atoms with Crippen molar-refractivity contribution in [3.63, 3.8) is 0 Å². The van der Waals surface area contributed by atoms with E-state index in [0.717, 1.165) is 5.56 Å². The molecule has 0 bridgehead atoms. The van der Waals surface area contributed by atoms with Gasteiger partial charge in [0.25, 0.3) is 0 Å². The number of hydrogen-bond acceptors (Lipinski definition) is 2. The molecule has 0 unspecified atom stereocenters. The van der Waals surface area contributed by atoms with E-state index in [2.05, 4.69) is 16.8 Å². The summed E-state index contributed by atoms with van der Waals surface area (Å²) in [6.07, 6.45) is 2.78. The summed E-state index contributed by atoms with van der Waals surface area (Å²) >= 11 is 0. The molecular weight excluding hydrogens is 138 g/mol. The Morgan fingerprint density at radius 2 is 2.45 bits per heavy atom. The van der Waals surface area contributed by atoms with E-state index in [-0.39, 0.29) is 0 Å². The van der Waals surface area contributed by atoms with Crippen LogP contribution in [-0.2, 0) is 0 Å². The van der Waals surface area contributed by atoms with Crippen LogP contribution in [0.5, 0.6) is 0 Å². The first-order chi connectivity index (χ1) is 5.29. The molecule has 2 nitrogen and oxygen atoms in total. The van der Waals surface area contributed by atoms with Gasteiger partial charge in [0.15, 0.2) is 0 Å². The van der Waals surface area contributed by atoms with E-state index in [4.69, 9.17) is 5.11 Å². The number of hydrogen-bond donors (Lipinski definition) is 1. The van der Waals surface area contributed by atoms with Crippen molar-refractivity contribution in [1.82, 2.24) is 4.98 Å². The van der Waals surface area contributed by atoms with Crippen molar-refractivity contribution in [3.05, 3.63) is 30.1 Å². The number of rotatable bonds is 0. The first-order valence-electron chi connectivity index (χ1n) is 3.38. The van der Waals surface area contributed by atoms with Crippen LogP contribution in [0.1, 0.15) is 12.5 Å². The van der Waals surface area contributed by atoms with Crippen LogP contribution in [0.2, 0.25) is 0 Å². The Balaban J connectivity index is 2.75. The highest BCUT2D eigenvalue weighted by molar-refractivity contribution is 5.31. The topological polar surface area (TPSA) is 33.1 Å². The summed E-state index contributed by atoms with van der Waals surface area (Å²) in [5, 5.41) is 8.82. The van der Waals surface area contributed by atoms with E-state index in [1.54, 1.807) is 19.3 Å². The second-order valence-electron chi connectivity index (χ2n) is 2.19. The molecule has 0 spiro atoms. The third kappa shape index (κ3) is 2.83. The average molecular weight is 147 g/mol. The molecule has 1 aromatic heterocycles. The lowest BCUT2D eigenvalue weighted by Gasteiger charge is -1.88. The predicted octanol–water partition coefficient (Wildman–Crippen LogP) is 0.814. The molecule has 1 rings (SSSR count). The molecule has 1 atom stereocenters. The largest absolute Gasteiger partial charge is 0.381 e. The van der Waals surface area contributed by atoms with Crippen LogP contribution < -0.4 is 0 Å². The zero-order chi connectivity index (χ0) is 8.10. The predicted molar refractivity (Wildman–Crippen MR) is 42.8 cm³/mol. The van der Waals surface area contributed by atoms with E-state index in [1.807, 2.05) is 12.1 Å². The summed E-state index contributed by atoms with van der Waals surface area (Å²) < 4.78 is 0. The number of aliphatic hydroxyl groups is 1. The zero-order valence-corrected chi connectivity index (χ0v) is 6.28. The van der Waals surface area contributed by atoms with Gasteiger partial charge in [0.05, 0.1) is 0 Å². The Morgan fingerprint density at radius 1 is 1.64 bits per heavy atom. The Hall–Kier alpha value is -1.33.